The Bertz CT molecular complexity index is 920. The number of likely N-dealkylation sites (N-methyl/N-ethyl adjacent to an activating group) is 1. The van der Waals surface area contributed by atoms with E-state index in [0.717, 1.165) is 27.7 Å². The fourth-order valence-corrected chi connectivity index (χ4v) is 4.21. The highest BCUT2D eigenvalue weighted by Crippen LogP contribution is 2.28. The van der Waals surface area contributed by atoms with Crippen LogP contribution in [0.4, 0.5) is 0 Å². The van der Waals surface area contributed by atoms with Crippen molar-refractivity contribution in [3.63, 3.8) is 0 Å². The number of rotatable bonds is 4. The summed E-state index contributed by atoms with van der Waals surface area (Å²) in [5.41, 5.74) is 10.5. The number of nitrogens with zero attached hydrogens (tertiary/aromatic N) is 3. The van der Waals surface area contributed by atoms with Gasteiger partial charge in [-0.25, -0.2) is 0 Å². The molecule has 0 aliphatic carbocycles. The summed E-state index contributed by atoms with van der Waals surface area (Å²) in [6.45, 7) is 11.5. The van der Waals surface area contributed by atoms with Crippen LogP contribution in [0.15, 0.2) is 18.2 Å². The molecule has 0 unspecified atom stereocenters. The highest BCUT2D eigenvalue weighted by molar-refractivity contribution is 6.08. The number of pyridine rings is 1. The molecule has 0 radical (unpaired) electrons. The molecule has 0 spiro atoms. The summed E-state index contributed by atoms with van der Waals surface area (Å²) < 4.78 is 0. The molecule has 6 heteroatoms. The van der Waals surface area contributed by atoms with E-state index in [1.54, 1.807) is 9.80 Å². The predicted octanol–water partition coefficient (Wildman–Crippen LogP) is 2.57. The van der Waals surface area contributed by atoms with E-state index in [1.165, 1.54) is 0 Å². The quantitative estimate of drug-likeness (QED) is 0.881. The highest BCUT2D eigenvalue weighted by Gasteiger charge is 2.40. The van der Waals surface area contributed by atoms with E-state index < -0.39 is 6.04 Å². The van der Waals surface area contributed by atoms with Gasteiger partial charge in [-0.1, -0.05) is 11.6 Å². The van der Waals surface area contributed by atoms with Crippen molar-refractivity contribution in [2.75, 3.05) is 19.6 Å². The van der Waals surface area contributed by atoms with E-state index in [4.69, 9.17) is 5.73 Å². The fraction of sp³-hybridized carbons (Fsp3) is 0.500. The first-order valence-electron chi connectivity index (χ1n) is 10.0. The average molecular weight is 383 g/mol. The monoisotopic (exact) mass is 382 g/mol. The van der Waals surface area contributed by atoms with Gasteiger partial charge in [0, 0.05) is 36.8 Å². The van der Waals surface area contributed by atoms with Gasteiger partial charge in [0.05, 0.1) is 11.1 Å². The Morgan fingerprint density at radius 3 is 2.50 bits per heavy atom. The van der Waals surface area contributed by atoms with Gasteiger partial charge in [-0.15, -0.1) is 0 Å². The second-order valence-corrected chi connectivity index (χ2v) is 7.77. The molecule has 1 aliphatic heterocycles. The minimum atomic E-state index is -0.503. The van der Waals surface area contributed by atoms with Crippen molar-refractivity contribution in [3.8, 4) is 0 Å². The summed E-state index contributed by atoms with van der Waals surface area (Å²) in [7, 11) is 0. The van der Waals surface area contributed by atoms with Crippen LogP contribution in [-0.2, 0) is 4.79 Å². The first kappa shape index (κ1) is 20.3. The van der Waals surface area contributed by atoms with Crippen LogP contribution in [0.3, 0.4) is 0 Å². The van der Waals surface area contributed by atoms with Crippen LogP contribution in [0.25, 0.3) is 10.9 Å². The third-order valence-electron chi connectivity index (χ3n) is 5.56. The van der Waals surface area contributed by atoms with Crippen LogP contribution >= 0.6 is 0 Å². The van der Waals surface area contributed by atoms with Crippen molar-refractivity contribution in [3.05, 3.63) is 40.6 Å². The maximum absolute atomic E-state index is 13.6. The molecule has 0 saturated carbocycles. The van der Waals surface area contributed by atoms with Crippen molar-refractivity contribution in [1.82, 2.24) is 14.8 Å². The lowest BCUT2D eigenvalue weighted by atomic mass is 10.0. The van der Waals surface area contributed by atoms with Gasteiger partial charge >= 0.3 is 0 Å². The third kappa shape index (κ3) is 3.61. The van der Waals surface area contributed by atoms with E-state index in [0.29, 0.717) is 31.6 Å². The zero-order valence-electron chi connectivity index (χ0n) is 17.5. The lowest BCUT2D eigenvalue weighted by Gasteiger charge is -2.29. The number of amides is 2. The molecule has 28 heavy (non-hydrogen) atoms. The molecule has 6 nitrogen and oxygen atoms in total. The van der Waals surface area contributed by atoms with Gasteiger partial charge in [-0.2, -0.15) is 0 Å². The molecule has 2 N–H and O–H groups in total. The first-order valence-corrected chi connectivity index (χ1v) is 10.0. The normalized spacial score (nSPS) is 19.3. The van der Waals surface area contributed by atoms with E-state index in [-0.39, 0.29) is 17.9 Å². The van der Waals surface area contributed by atoms with Crippen molar-refractivity contribution < 1.29 is 9.59 Å². The average Bonchev–Trinajstić information content (AvgIpc) is 3.04. The molecule has 1 saturated heterocycles. The molecule has 1 fully saturated rings. The Morgan fingerprint density at radius 1 is 1.18 bits per heavy atom. The summed E-state index contributed by atoms with van der Waals surface area (Å²) >= 11 is 0. The molecule has 2 amide bonds. The van der Waals surface area contributed by atoms with Gasteiger partial charge in [0.25, 0.3) is 5.91 Å². The van der Waals surface area contributed by atoms with Gasteiger partial charge < -0.3 is 15.5 Å². The zero-order valence-corrected chi connectivity index (χ0v) is 17.5. The van der Waals surface area contributed by atoms with Crippen LogP contribution in [-0.4, -0.2) is 58.3 Å². The molecule has 2 atom stereocenters. The first-order chi connectivity index (χ1) is 13.3. The van der Waals surface area contributed by atoms with Crippen LogP contribution in [0.1, 0.15) is 47.4 Å². The van der Waals surface area contributed by atoms with Crippen molar-refractivity contribution in [1.29, 1.82) is 0 Å². The van der Waals surface area contributed by atoms with Crippen LogP contribution in [0.5, 0.6) is 0 Å². The SMILES string of the molecule is CCN(CC)C(=O)[C@@H]1C[C@@H](N)CN1C(=O)c1cc(C)nc2c(C)cc(C)cc12. The smallest absolute Gasteiger partial charge is 0.255 e. The topological polar surface area (TPSA) is 79.5 Å². The molecular formula is C22H30N4O2. The molecule has 150 valence electrons. The minimum absolute atomic E-state index is 0.0197. The molecular weight excluding hydrogens is 352 g/mol. The second-order valence-electron chi connectivity index (χ2n) is 7.77. The van der Waals surface area contributed by atoms with Crippen molar-refractivity contribution in [2.24, 2.45) is 5.73 Å². The Kier molecular flexibility index (Phi) is 5.70. The largest absolute Gasteiger partial charge is 0.341 e. The fourth-order valence-electron chi connectivity index (χ4n) is 4.21. The van der Waals surface area contributed by atoms with Crippen LogP contribution in [0.2, 0.25) is 0 Å². The summed E-state index contributed by atoms with van der Waals surface area (Å²) in [4.78, 5) is 34.6. The number of likely N-dealkylation sites (tertiary alicyclic amines) is 1. The van der Waals surface area contributed by atoms with Crippen molar-refractivity contribution >= 4 is 22.7 Å². The molecule has 1 aromatic carbocycles. The number of nitrogens with two attached hydrogens (primary N) is 1. The second kappa shape index (κ2) is 7.87. The van der Waals surface area contributed by atoms with E-state index in [1.807, 2.05) is 46.8 Å². The molecule has 1 aromatic heterocycles. The van der Waals surface area contributed by atoms with Gasteiger partial charge in [0.15, 0.2) is 0 Å². The van der Waals surface area contributed by atoms with Crippen molar-refractivity contribution in [2.45, 2.75) is 53.1 Å². The van der Waals surface area contributed by atoms with Gasteiger partial charge in [-0.3, -0.25) is 14.6 Å². The van der Waals surface area contributed by atoms with Crippen LogP contribution < -0.4 is 5.73 Å². The van der Waals surface area contributed by atoms with Gasteiger partial charge in [0.1, 0.15) is 6.04 Å². The maximum Gasteiger partial charge on any atom is 0.255 e. The zero-order chi connectivity index (χ0) is 20.6. The molecule has 1 aliphatic rings. The Morgan fingerprint density at radius 2 is 1.86 bits per heavy atom. The Labute approximate surface area is 166 Å². The van der Waals surface area contributed by atoms with E-state index >= 15 is 0 Å². The summed E-state index contributed by atoms with van der Waals surface area (Å²) in [5, 5.41) is 0.836. The molecule has 2 aromatic rings. The number of fused-ring (bicyclic) bond motifs is 1. The highest BCUT2D eigenvalue weighted by atomic mass is 16.2. The standard InChI is InChI=1S/C22H30N4O2/c1-6-25(7-2)22(28)19-11-16(23)12-26(19)21(27)18-10-15(5)24-20-14(4)8-13(3)9-17(18)20/h8-10,16,19H,6-7,11-12,23H2,1-5H3/t16-,19+/m1/s1. The number of aromatic nitrogens is 1. The Balaban J connectivity index is 2.06. The number of aryl methyl sites for hydroxylation is 3. The van der Waals surface area contributed by atoms with Gasteiger partial charge in [-0.05, 0) is 58.7 Å². The van der Waals surface area contributed by atoms with Crippen LogP contribution in [0, 0.1) is 20.8 Å². The number of benzene rings is 1. The number of carbonyl (C=O) groups excluding carboxylic acids is 2. The molecule has 2 heterocycles. The lowest BCUT2D eigenvalue weighted by Crippen LogP contribution is -2.47. The summed E-state index contributed by atoms with van der Waals surface area (Å²) in [6.07, 6.45) is 0.501. The minimum Gasteiger partial charge on any atom is -0.341 e. The Hall–Kier alpha value is -2.47. The summed E-state index contributed by atoms with van der Waals surface area (Å²) in [6, 6.07) is 5.20. The number of carbonyl (C=O) groups is 2. The summed E-state index contributed by atoms with van der Waals surface area (Å²) in [5.74, 6) is -0.160. The van der Waals surface area contributed by atoms with E-state index in [2.05, 4.69) is 11.1 Å². The molecule has 0 bridgehead atoms. The maximum atomic E-state index is 13.6. The third-order valence-corrected chi connectivity index (χ3v) is 5.56. The molecule has 3 rings (SSSR count). The van der Waals surface area contributed by atoms with Gasteiger partial charge in [0.2, 0.25) is 5.91 Å². The predicted molar refractivity (Wildman–Crippen MR) is 111 cm³/mol. The number of hydrogen-bond acceptors (Lipinski definition) is 4. The lowest BCUT2D eigenvalue weighted by molar-refractivity contribution is -0.134. The number of hydrogen-bond donors (Lipinski definition) is 1. The van der Waals surface area contributed by atoms with E-state index in [9.17, 15) is 9.59 Å².